The van der Waals surface area contributed by atoms with E-state index in [1.54, 1.807) is 18.3 Å². The molecule has 0 aliphatic heterocycles. The molecule has 1 heterocycles. The number of rotatable bonds is 15. The fraction of sp³-hybridized carbons (Fsp3) is 0.357. The van der Waals surface area contributed by atoms with Crippen molar-refractivity contribution in [1.82, 2.24) is 15.6 Å². The average Bonchev–Trinajstić information content (AvgIpc) is 3.34. The molecule has 11 nitrogen and oxygen atoms in total. The topological polar surface area (TPSA) is 201 Å². The van der Waals surface area contributed by atoms with E-state index in [2.05, 4.69) is 28.2 Å². The molecule has 0 unspecified atom stereocenters. The van der Waals surface area contributed by atoms with E-state index in [1.807, 2.05) is 24.3 Å². The quantitative estimate of drug-likeness (QED) is 0.0992. The first-order valence-electron chi connectivity index (χ1n) is 12.9. The molecule has 0 aliphatic carbocycles. The summed E-state index contributed by atoms with van der Waals surface area (Å²) in [7, 11) is 0. The number of nitrogens with one attached hydrogen (secondary N) is 3. The number of thiol groups is 1. The largest absolute Gasteiger partial charge is 0.480 e. The number of carbonyl (C=O) groups excluding carboxylic acids is 2. The Morgan fingerprint density at radius 3 is 2.23 bits per heavy atom. The van der Waals surface area contributed by atoms with Gasteiger partial charge in [0.2, 0.25) is 11.8 Å². The number of para-hydroxylation sites is 1. The van der Waals surface area contributed by atoms with Crippen molar-refractivity contribution in [2.45, 2.75) is 55.5 Å². The first-order valence-corrected chi connectivity index (χ1v) is 13.5. The van der Waals surface area contributed by atoms with Crippen LogP contribution in [0.1, 0.15) is 40.7 Å². The third-order valence-corrected chi connectivity index (χ3v) is 7.26. The van der Waals surface area contributed by atoms with Crippen LogP contribution in [0, 0.1) is 0 Å². The lowest BCUT2D eigenvalue weighted by Crippen LogP contribution is -2.55. The van der Waals surface area contributed by atoms with Gasteiger partial charge in [0.15, 0.2) is 0 Å². The molecule has 0 fully saturated rings. The standard InChI is InChI=1S/C28H35N5O6S/c29-12-4-3-7-22(28(38)39)32-25(34)23(14-18-15-31-21-6-2-1-5-19(18)21)33-26(35)24(40)20(30)13-16-8-10-17(11-9-16)27(36)37/h1-2,5-6,8-11,15,20,22-24,31,40H,3-4,7,12-14,29-30H2,(H,32,34)(H,33,35)(H,36,37)(H,38,39)/t20-,22-,23-,24-/m0/s1. The van der Waals surface area contributed by atoms with Crippen LogP contribution in [0.5, 0.6) is 0 Å². The van der Waals surface area contributed by atoms with Gasteiger partial charge < -0.3 is 37.3 Å². The zero-order valence-corrected chi connectivity index (χ0v) is 22.8. The van der Waals surface area contributed by atoms with E-state index in [1.165, 1.54) is 12.1 Å². The van der Waals surface area contributed by atoms with Gasteiger partial charge in [0.25, 0.3) is 0 Å². The second-order valence-electron chi connectivity index (χ2n) is 9.62. The lowest BCUT2D eigenvalue weighted by Gasteiger charge is -2.25. The van der Waals surface area contributed by atoms with Crippen molar-refractivity contribution in [2.75, 3.05) is 6.54 Å². The number of benzene rings is 2. The van der Waals surface area contributed by atoms with Crippen LogP contribution in [0.25, 0.3) is 10.9 Å². The summed E-state index contributed by atoms with van der Waals surface area (Å²) in [4.78, 5) is 52.5. The summed E-state index contributed by atoms with van der Waals surface area (Å²) in [6.45, 7) is 0.410. The van der Waals surface area contributed by atoms with Crippen molar-refractivity contribution >= 4 is 47.3 Å². The maximum absolute atomic E-state index is 13.3. The van der Waals surface area contributed by atoms with Crippen LogP contribution >= 0.6 is 12.6 Å². The second-order valence-corrected chi connectivity index (χ2v) is 10.2. The van der Waals surface area contributed by atoms with Gasteiger partial charge in [-0.25, -0.2) is 9.59 Å². The minimum absolute atomic E-state index is 0.100. The lowest BCUT2D eigenvalue weighted by molar-refractivity contribution is -0.142. The van der Waals surface area contributed by atoms with E-state index in [0.29, 0.717) is 19.4 Å². The Kier molecular flexibility index (Phi) is 11.1. The average molecular weight is 570 g/mol. The summed E-state index contributed by atoms with van der Waals surface area (Å²) < 4.78 is 0. The van der Waals surface area contributed by atoms with Gasteiger partial charge in [-0.2, -0.15) is 12.6 Å². The maximum Gasteiger partial charge on any atom is 0.335 e. The van der Waals surface area contributed by atoms with Crippen LogP contribution in [-0.2, 0) is 27.2 Å². The van der Waals surface area contributed by atoms with E-state index in [0.717, 1.165) is 22.0 Å². The number of carboxylic acid groups (broad SMARTS) is 2. The Bertz CT molecular complexity index is 1330. The number of fused-ring (bicyclic) bond motifs is 1. The van der Waals surface area contributed by atoms with Crippen molar-refractivity contribution in [3.8, 4) is 0 Å². The van der Waals surface area contributed by atoms with Crippen LogP contribution in [-0.4, -0.2) is 68.9 Å². The van der Waals surface area contributed by atoms with Crippen LogP contribution < -0.4 is 22.1 Å². The molecule has 0 spiro atoms. The fourth-order valence-electron chi connectivity index (χ4n) is 4.37. The third-order valence-electron chi connectivity index (χ3n) is 6.64. The number of aromatic nitrogens is 1. The number of amides is 2. The molecule has 9 N–H and O–H groups in total. The summed E-state index contributed by atoms with van der Waals surface area (Å²) in [5.74, 6) is -3.46. The molecule has 12 heteroatoms. The zero-order chi connectivity index (χ0) is 29.2. The highest BCUT2D eigenvalue weighted by Crippen LogP contribution is 2.20. The van der Waals surface area contributed by atoms with Gasteiger partial charge >= 0.3 is 11.9 Å². The second kappa shape index (κ2) is 14.5. The molecule has 40 heavy (non-hydrogen) atoms. The molecular weight excluding hydrogens is 534 g/mol. The number of carboxylic acids is 2. The number of aliphatic carboxylic acids is 1. The van der Waals surface area contributed by atoms with Crippen molar-refractivity contribution in [3.05, 3.63) is 71.4 Å². The highest BCUT2D eigenvalue weighted by molar-refractivity contribution is 7.81. The molecule has 0 bridgehead atoms. The molecule has 0 radical (unpaired) electrons. The predicted molar refractivity (Wildman–Crippen MR) is 154 cm³/mol. The van der Waals surface area contributed by atoms with E-state index in [9.17, 15) is 24.3 Å². The molecule has 214 valence electrons. The number of unbranched alkanes of at least 4 members (excludes halogenated alkanes) is 1. The molecular formula is C28H35N5O6S. The van der Waals surface area contributed by atoms with Gasteiger partial charge in [0.05, 0.1) is 10.8 Å². The summed E-state index contributed by atoms with van der Waals surface area (Å²) in [6.07, 6.45) is 3.43. The number of aromatic amines is 1. The van der Waals surface area contributed by atoms with E-state index in [4.69, 9.17) is 16.6 Å². The molecule has 1 aromatic heterocycles. The molecule has 4 atom stereocenters. The van der Waals surface area contributed by atoms with Crippen molar-refractivity contribution in [3.63, 3.8) is 0 Å². The highest BCUT2D eigenvalue weighted by atomic mass is 32.1. The monoisotopic (exact) mass is 569 g/mol. The van der Waals surface area contributed by atoms with Crippen LogP contribution in [0.2, 0.25) is 0 Å². The number of hydrogen-bond acceptors (Lipinski definition) is 7. The van der Waals surface area contributed by atoms with Gasteiger partial charge in [-0.15, -0.1) is 0 Å². The van der Waals surface area contributed by atoms with Crippen LogP contribution in [0.4, 0.5) is 0 Å². The van der Waals surface area contributed by atoms with Gasteiger partial charge in [0.1, 0.15) is 12.1 Å². The SMILES string of the molecule is NCCCC[C@H](NC(=O)[C@H](Cc1c[nH]c2ccccc12)NC(=O)[C@@H](S)[C@@H](N)Cc1ccc(C(=O)O)cc1)C(=O)O. The number of aromatic carboxylic acids is 1. The van der Waals surface area contributed by atoms with E-state index < -0.39 is 47.1 Å². The Balaban J connectivity index is 1.75. The van der Waals surface area contributed by atoms with E-state index >= 15 is 0 Å². The molecule has 0 aliphatic rings. The van der Waals surface area contributed by atoms with E-state index in [-0.39, 0.29) is 24.8 Å². The van der Waals surface area contributed by atoms with Gasteiger partial charge in [-0.1, -0.05) is 30.3 Å². The molecule has 0 saturated heterocycles. The fourth-order valence-corrected chi connectivity index (χ4v) is 4.55. The number of H-pyrrole nitrogens is 1. The Morgan fingerprint density at radius 2 is 1.57 bits per heavy atom. The normalized spacial score (nSPS) is 14.2. The minimum Gasteiger partial charge on any atom is -0.480 e. The summed E-state index contributed by atoms with van der Waals surface area (Å²) in [5, 5.41) is 23.8. The smallest absolute Gasteiger partial charge is 0.335 e. The lowest BCUT2D eigenvalue weighted by atomic mass is 10.0. The summed E-state index contributed by atoms with van der Waals surface area (Å²) >= 11 is 4.40. The first-order chi connectivity index (χ1) is 19.1. The Morgan fingerprint density at radius 1 is 0.900 bits per heavy atom. The van der Waals surface area contributed by atoms with Gasteiger partial charge in [0, 0.05) is 29.6 Å². The van der Waals surface area contributed by atoms with Crippen LogP contribution in [0.3, 0.4) is 0 Å². The van der Waals surface area contributed by atoms with Gasteiger partial charge in [-0.3, -0.25) is 9.59 Å². The zero-order valence-electron chi connectivity index (χ0n) is 21.9. The molecule has 0 saturated carbocycles. The predicted octanol–water partition coefficient (Wildman–Crippen LogP) is 1.46. The van der Waals surface area contributed by atoms with Crippen molar-refractivity contribution < 1.29 is 29.4 Å². The summed E-state index contributed by atoms with van der Waals surface area (Å²) in [6, 6.07) is 10.7. The first kappa shape index (κ1) is 30.7. The number of carbonyl (C=O) groups is 4. The Labute approximate surface area is 237 Å². The van der Waals surface area contributed by atoms with Gasteiger partial charge in [-0.05, 0) is 61.6 Å². The molecule has 3 aromatic rings. The third kappa shape index (κ3) is 8.31. The molecule has 3 rings (SSSR count). The number of hydrogen-bond donors (Lipinski definition) is 8. The minimum atomic E-state index is -1.18. The molecule has 2 aromatic carbocycles. The highest BCUT2D eigenvalue weighted by Gasteiger charge is 2.30. The summed E-state index contributed by atoms with van der Waals surface area (Å²) in [5.41, 5.74) is 14.2. The van der Waals surface area contributed by atoms with Crippen molar-refractivity contribution in [2.24, 2.45) is 11.5 Å². The Hall–Kier alpha value is -3.87. The van der Waals surface area contributed by atoms with Crippen LogP contribution in [0.15, 0.2) is 54.7 Å². The van der Waals surface area contributed by atoms with Crippen molar-refractivity contribution in [1.29, 1.82) is 0 Å². The maximum atomic E-state index is 13.3. The molecule has 2 amide bonds. The number of nitrogens with two attached hydrogens (primary N) is 2.